The summed E-state index contributed by atoms with van der Waals surface area (Å²) in [5, 5.41) is 2.42. The quantitative estimate of drug-likeness (QED) is 0.167. The maximum atomic E-state index is 5.17. The fourth-order valence-corrected chi connectivity index (χ4v) is 4.89. The molecule has 1 atom stereocenters. The van der Waals surface area contributed by atoms with Crippen LogP contribution in [0.15, 0.2) is 85.6 Å². The molecule has 0 N–H and O–H groups in total. The number of rotatable bonds is 3. The van der Waals surface area contributed by atoms with E-state index in [9.17, 15) is 0 Å². The van der Waals surface area contributed by atoms with E-state index >= 15 is 0 Å². The van der Waals surface area contributed by atoms with Crippen LogP contribution in [0, 0.1) is 63.5 Å². The van der Waals surface area contributed by atoms with Crippen molar-refractivity contribution >= 4 is 45.9 Å². The Morgan fingerprint density at radius 1 is 0.756 bits per heavy atom. The molecule has 0 saturated carbocycles. The molecule has 1 unspecified atom stereocenters. The second-order valence-electron chi connectivity index (χ2n) is 9.75. The van der Waals surface area contributed by atoms with Crippen LogP contribution in [0.4, 0.5) is 5.69 Å². The van der Waals surface area contributed by atoms with Gasteiger partial charge in [-0.05, 0) is 88.3 Å². The molecule has 208 valence electrons. The van der Waals surface area contributed by atoms with Crippen LogP contribution in [0.25, 0.3) is 0 Å². The molecule has 0 saturated heterocycles. The minimum Gasteiger partial charge on any atom is -0.324 e. The molecule has 1 aromatic carbocycles. The van der Waals surface area contributed by atoms with Crippen molar-refractivity contribution in [3.8, 4) is 0 Å². The second kappa shape index (κ2) is 15.5. The molecule has 4 bridgehead atoms. The number of hydrogen-bond donors (Lipinski definition) is 0. The van der Waals surface area contributed by atoms with Gasteiger partial charge >= 0.3 is 49.4 Å². The van der Waals surface area contributed by atoms with E-state index in [0.717, 1.165) is 56.9 Å². The zero-order valence-electron chi connectivity index (χ0n) is 24.0. The number of thiocarbonyl (C=S) groups is 1. The predicted molar refractivity (Wildman–Crippen MR) is 167 cm³/mol. The first kappa shape index (κ1) is 32.8. The molecule has 3 heterocycles. The number of hydrogen-bond acceptors (Lipinski definition) is 6. The third kappa shape index (κ3) is 8.43. The van der Waals surface area contributed by atoms with Crippen LogP contribution in [-0.4, -0.2) is 53.7 Å². The van der Waals surface area contributed by atoms with Gasteiger partial charge in [-0.15, -0.1) is 0 Å². The first-order valence-corrected chi connectivity index (χ1v) is 13.7. The summed E-state index contributed by atoms with van der Waals surface area (Å²) < 4.78 is 3.82. The first-order chi connectivity index (χ1) is 19.3. The standard InChI is InChI=1S/C32H35N7S.Eu/c1-22-29-9-7-11-31(38(29)5)24(3)35-20-28(19-26-13-15-27(16-14-26)36-21-40)37-25(4)32-12-8-10-30(39(32)6)23(2)34-18-17-33-22;/h7-16,28H,5-6,17-20H2,1-4H3;/q;+3. The van der Waals surface area contributed by atoms with Gasteiger partial charge in [0, 0.05) is 36.9 Å². The third-order valence-corrected chi connectivity index (χ3v) is 7.05. The van der Waals surface area contributed by atoms with Crippen LogP contribution < -0.4 is 9.13 Å². The fourth-order valence-electron chi connectivity index (χ4n) is 4.79. The summed E-state index contributed by atoms with van der Waals surface area (Å²) in [4.78, 5) is 23.8. The Bertz CT molecular complexity index is 1570. The molecule has 1 aliphatic rings. The summed E-state index contributed by atoms with van der Waals surface area (Å²) in [5.41, 5.74) is 9.27. The van der Waals surface area contributed by atoms with Gasteiger partial charge in [0.25, 0.3) is 0 Å². The molecule has 0 amide bonds. The van der Waals surface area contributed by atoms with E-state index in [2.05, 4.69) is 36.4 Å². The Kier molecular flexibility index (Phi) is 12.4. The SMILES string of the molecule is [CH2-][n+]1c2cccc1C(C)=NCC(Cc1ccc(N=C=S)cc1)N=C(C)c1cccc([n+]1[CH2-])C(C)=NCCN=C2C.[Eu+3]. The zero-order chi connectivity index (χ0) is 28.6. The predicted octanol–water partition coefficient (Wildman–Crippen LogP) is 4.84. The van der Waals surface area contributed by atoms with Crippen molar-refractivity contribution < 1.29 is 58.5 Å². The summed E-state index contributed by atoms with van der Waals surface area (Å²) >= 11 is 4.74. The zero-order valence-corrected chi connectivity index (χ0v) is 27.3. The average Bonchev–Trinajstić information content (AvgIpc) is 2.94. The van der Waals surface area contributed by atoms with E-state index in [4.69, 9.17) is 32.2 Å². The maximum Gasteiger partial charge on any atom is 3.00 e. The summed E-state index contributed by atoms with van der Waals surface area (Å²) in [7, 11) is 8.63. The topological polar surface area (TPSA) is 69.6 Å². The minimum absolute atomic E-state index is 0. The van der Waals surface area contributed by atoms with Crippen molar-refractivity contribution in [2.24, 2.45) is 25.0 Å². The van der Waals surface area contributed by atoms with Gasteiger partial charge in [0.05, 0.1) is 36.5 Å². The normalized spacial score (nSPS) is 16.0. The van der Waals surface area contributed by atoms with Gasteiger partial charge in [-0.1, -0.05) is 24.3 Å². The Morgan fingerprint density at radius 2 is 1.22 bits per heavy atom. The van der Waals surface area contributed by atoms with Crippen LogP contribution in [0.2, 0.25) is 0 Å². The molecule has 7 nitrogen and oxygen atoms in total. The Hall–Kier alpha value is -2.68. The van der Waals surface area contributed by atoms with E-state index in [-0.39, 0.29) is 55.4 Å². The molecule has 0 spiro atoms. The Labute approximate surface area is 289 Å². The minimum atomic E-state index is -0.100. The average molecular weight is 702 g/mol. The van der Waals surface area contributed by atoms with Gasteiger partial charge in [0.1, 0.15) is 22.8 Å². The van der Waals surface area contributed by atoms with Gasteiger partial charge in [-0.25, -0.2) is 0 Å². The number of pyridine rings is 2. The van der Waals surface area contributed by atoms with Crippen molar-refractivity contribution in [2.45, 2.75) is 40.2 Å². The number of isothiocyanates is 1. The van der Waals surface area contributed by atoms with E-state index in [1.165, 1.54) is 0 Å². The molecule has 4 rings (SSSR count). The van der Waals surface area contributed by atoms with Crippen LogP contribution in [0.5, 0.6) is 0 Å². The van der Waals surface area contributed by atoms with Crippen LogP contribution >= 0.6 is 12.2 Å². The molecule has 0 fully saturated rings. The fraction of sp³-hybridized carbons (Fsp3) is 0.281. The summed E-state index contributed by atoms with van der Waals surface area (Å²) in [5.74, 6) is 0. The van der Waals surface area contributed by atoms with E-state index in [1.54, 1.807) is 0 Å². The number of benzene rings is 1. The Balaban J connectivity index is 0.00000462. The van der Waals surface area contributed by atoms with Gasteiger partial charge in [0.2, 0.25) is 0 Å². The van der Waals surface area contributed by atoms with Crippen molar-refractivity contribution in [1.29, 1.82) is 0 Å². The molecule has 2 aromatic heterocycles. The molecule has 41 heavy (non-hydrogen) atoms. The maximum absolute atomic E-state index is 5.17. The van der Waals surface area contributed by atoms with Crippen LogP contribution in [0.3, 0.4) is 0 Å². The summed E-state index contributed by atoms with van der Waals surface area (Å²) in [6.45, 7) is 9.73. The van der Waals surface area contributed by atoms with Gasteiger partial charge in [-0.2, -0.15) is 4.99 Å². The Morgan fingerprint density at radius 3 is 1.71 bits per heavy atom. The first-order valence-electron chi connectivity index (χ1n) is 13.3. The molecule has 3 aromatic rings. The number of nitrogens with zero attached hydrogens (tertiary/aromatic N) is 7. The van der Waals surface area contributed by atoms with Crippen LogP contribution in [0.1, 0.15) is 56.0 Å². The summed E-state index contributed by atoms with van der Waals surface area (Å²) in [6.07, 6.45) is 0.712. The number of aliphatic imine (C=N–C) groups is 5. The molecular weight excluding hydrogens is 666 g/mol. The van der Waals surface area contributed by atoms with Crippen molar-refractivity contribution in [3.05, 3.63) is 103 Å². The van der Waals surface area contributed by atoms with E-state index in [0.29, 0.717) is 26.1 Å². The molecule has 9 heteroatoms. The van der Waals surface area contributed by atoms with Crippen molar-refractivity contribution in [2.75, 3.05) is 19.6 Å². The van der Waals surface area contributed by atoms with Gasteiger partial charge in [0.15, 0.2) is 0 Å². The van der Waals surface area contributed by atoms with Crippen LogP contribution in [-0.2, 0) is 6.42 Å². The summed E-state index contributed by atoms with van der Waals surface area (Å²) in [6, 6.07) is 20.1. The smallest absolute Gasteiger partial charge is 0.324 e. The van der Waals surface area contributed by atoms with E-state index < -0.39 is 0 Å². The van der Waals surface area contributed by atoms with E-state index in [1.807, 2.05) is 85.4 Å². The van der Waals surface area contributed by atoms with Gasteiger partial charge in [-0.3, -0.25) is 20.0 Å². The van der Waals surface area contributed by atoms with Crippen molar-refractivity contribution in [1.82, 2.24) is 0 Å². The molecule has 0 aliphatic carbocycles. The monoisotopic (exact) mass is 702 g/mol. The second-order valence-corrected chi connectivity index (χ2v) is 9.93. The number of aromatic nitrogens is 2. The number of fused-ring (bicyclic) bond motifs is 4. The molecule has 1 aliphatic heterocycles. The van der Waals surface area contributed by atoms with Gasteiger partial charge < -0.3 is 9.13 Å². The van der Waals surface area contributed by atoms with Crippen molar-refractivity contribution in [3.63, 3.8) is 0 Å². The molecular formula is C32H35EuN7S+3. The third-order valence-electron chi connectivity index (χ3n) is 6.96. The molecule has 0 radical (unpaired) electrons. The largest absolute Gasteiger partial charge is 3.00 e.